The number of halogens is 1. The van der Waals surface area contributed by atoms with Gasteiger partial charge in [-0.2, -0.15) is 0 Å². The lowest BCUT2D eigenvalue weighted by Crippen LogP contribution is -2.14. The van der Waals surface area contributed by atoms with Crippen LogP contribution in [-0.4, -0.2) is 24.5 Å². The van der Waals surface area contributed by atoms with Gasteiger partial charge >= 0.3 is 5.97 Å². The van der Waals surface area contributed by atoms with E-state index in [-0.39, 0.29) is 16.3 Å². The molecule has 0 fully saturated rings. The van der Waals surface area contributed by atoms with Crippen molar-refractivity contribution in [2.24, 2.45) is 0 Å². The van der Waals surface area contributed by atoms with Crippen molar-refractivity contribution in [1.29, 1.82) is 0 Å². The van der Waals surface area contributed by atoms with Crippen LogP contribution < -0.4 is 4.72 Å². The summed E-state index contributed by atoms with van der Waals surface area (Å²) >= 11 is 3.28. The summed E-state index contributed by atoms with van der Waals surface area (Å²) in [6.45, 7) is 1.81. The summed E-state index contributed by atoms with van der Waals surface area (Å²) in [7, 11) is -3.81. The highest BCUT2D eigenvalue weighted by Crippen LogP contribution is 2.20. The zero-order chi connectivity index (χ0) is 15.6. The van der Waals surface area contributed by atoms with Gasteiger partial charge in [0.05, 0.1) is 10.5 Å². The van der Waals surface area contributed by atoms with E-state index in [0.29, 0.717) is 0 Å². The average molecular weight is 371 g/mol. The molecule has 8 heteroatoms. The van der Waals surface area contributed by atoms with E-state index in [1.54, 1.807) is 6.07 Å². The van der Waals surface area contributed by atoms with Crippen LogP contribution in [0.1, 0.15) is 15.9 Å². The molecule has 0 amide bonds. The number of aromatic carboxylic acids is 1. The quantitative estimate of drug-likeness (QED) is 0.862. The number of benzene rings is 1. The first kappa shape index (κ1) is 15.5. The number of carboxylic acids is 1. The van der Waals surface area contributed by atoms with Gasteiger partial charge in [0.25, 0.3) is 10.0 Å². The fourth-order valence-electron chi connectivity index (χ4n) is 1.57. The molecule has 0 radical (unpaired) electrons. The topological polar surface area (TPSA) is 96.4 Å². The number of aryl methyl sites for hydroxylation is 1. The molecule has 21 heavy (non-hydrogen) atoms. The van der Waals surface area contributed by atoms with E-state index in [1.807, 2.05) is 6.92 Å². The van der Waals surface area contributed by atoms with Crippen LogP contribution in [0.15, 0.2) is 45.9 Å². The normalized spacial score (nSPS) is 11.1. The Hall–Kier alpha value is -1.93. The summed E-state index contributed by atoms with van der Waals surface area (Å²) in [4.78, 5) is 14.7. The minimum atomic E-state index is -3.81. The standard InChI is InChI=1S/C13H11BrN2O4S/c1-8-6-12(15-7-11(8)14)16-21(19,20)10-4-2-9(3-5-10)13(17)18/h2-7H,1H3,(H,15,16)(H,17,18). The molecule has 6 nitrogen and oxygen atoms in total. The van der Waals surface area contributed by atoms with Crippen molar-refractivity contribution in [1.82, 2.24) is 4.98 Å². The van der Waals surface area contributed by atoms with Gasteiger partial charge in [-0.3, -0.25) is 4.72 Å². The zero-order valence-electron chi connectivity index (χ0n) is 10.9. The fourth-order valence-corrected chi connectivity index (χ4v) is 2.78. The summed E-state index contributed by atoms with van der Waals surface area (Å²) in [5.41, 5.74) is 0.857. The van der Waals surface area contributed by atoms with E-state index >= 15 is 0 Å². The Kier molecular flexibility index (Phi) is 4.29. The Balaban J connectivity index is 2.29. The van der Waals surface area contributed by atoms with Gasteiger partial charge in [-0.15, -0.1) is 0 Å². The van der Waals surface area contributed by atoms with Crippen LogP contribution in [0.4, 0.5) is 5.82 Å². The predicted molar refractivity (Wildman–Crippen MR) is 80.9 cm³/mol. The van der Waals surface area contributed by atoms with E-state index in [9.17, 15) is 13.2 Å². The molecule has 2 N–H and O–H groups in total. The van der Waals surface area contributed by atoms with Crippen LogP contribution in [0.3, 0.4) is 0 Å². The molecule has 0 saturated carbocycles. The molecule has 1 heterocycles. The summed E-state index contributed by atoms with van der Waals surface area (Å²) in [6, 6.07) is 6.52. The van der Waals surface area contributed by atoms with Crippen molar-refractivity contribution in [3.05, 3.63) is 52.1 Å². The van der Waals surface area contributed by atoms with Gasteiger partial charge in [-0.25, -0.2) is 18.2 Å². The largest absolute Gasteiger partial charge is 0.478 e. The third kappa shape index (κ3) is 3.59. The van der Waals surface area contributed by atoms with Gasteiger partial charge < -0.3 is 5.11 Å². The van der Waals surface area contributed by atoms with Crippen molar-refractivity contribution in [3.63, 3.8) is 0 Å². The molecule has 2 rings (SSSR count). The number of hydrogen-bond acceptors (Lipinski definition) is 4. The lowest BCUT2D eigenvalue weighted by Gasteiger charge is -2.08. The molecule has 1 aromatic heterocycles. The molecule has 2 aromatic rings. The Labute approximate surface area is 130 Å². The lowest BCUT2D eigenvalue weighted by atomic mass is 10.2. The van der Waals surface area contributed by atoms with Crippen molar-refractivity contribution in [3.8, 4) is 0 Å². The highest BCUT2D eigenvalue weighted by molar-refractivity contribution is 9.10. The Morgan fingerprint density at radius 2 is 1.90 bits per heavy atom. The fraction of sp³-hybridized carbons (Fsp3) is 0.0769. The second-order valence-corrected chi connectivity index (χ2v) is 6.79. The molecule has 0 aliphatic rings. The number of nitrogens with zero attached hydrogens (tertiary/aromatic N) is 1. The number of anilines is 1. The number of carboxylic acid groups (broad SMARTS) is 1. The van der Waals surface area contributed by atoms with Gasteiger partial charge in [-0.1, -0.05) is 0 Å². The monoisotopic (exact) mass is 370 g/mol. The van der Waals surface area contributed by atoms with Crippen molar-refractivity contribution in [2.45, 2.75) is 11.8 Å². The third-order valence-corrected chi connectivity index (χ3v) is 4.90. The van der Waals surface area contributed by atoms with Gasteiger partial charge in [0, 0.05) is 10.7 Å². The zero-order valence-corrected chi connectivity index (χ0v) is 13.3. The number of pyridine rings is 1. The van der Waals surface area contributed by atoms with Crippen molar-refractivity contribution >= 4 is 37.7 Å². The SMILES string of the molecule is Cc1cc(NS(=O)(=O)c2ccc(C(=O)O)cc2)ncc1Br. The van der Waals surface area contributed by atoms with Crippen LogP contribution in [0.25, 0.3) is 0 Å². The van der Waals surface area contributed by atoms with Crippen LogP contribution in [0, 0.1) is 6.92 Å². The molecule has 1 aromatic carbocycles. The number of nitrogens with one attached hydrogen (secondary N) is 1. The summed E-state index contributed by atoms with van der Waals surface area (Å²) in [5, 5.41) is 8.79. The summed E-state index contributed by atoms with van der Waals surface area (Å²) in [6.07, 6.45) is 1.50. The van der Waals surface area contributed by atoms with E-state index in [1.165, 1.54) is 30.5 Å². The van der Waals surface area contributed by atoms with E-state index in [2.05, 4.69) is 25.6 Å². The van der Waals surface area contributed by atoms with E-state index < -0.39 is 16.0 Å². The van der Waals surface area contributed by atoms with Crippen molar-refractivity contribution in [2.75, 3.05) is 4.72 Å². The number of sulfonamides is 1. The molecule has 0 aliphatic carbocycles. The second-order valence-electron chi connectivity index (χ2n) is 4.25. The maximum absolute atomic E-state index is 12.2. The van der Waals surface area contributed by atoms with Gasteiger partial charge in [0.1, 0.15) is 5.82 Å². The maximum Gasteiger partial charge on any atom is 0.335 e. The number of rotatable bonds is 4. The summed E-state index contributed by atoms with van der Waals surface area (Å²) < 4.78 is 27.5. The van der Waals surface area contributed by atoms with Gasteiger partial charge in [0.15, 0.2) is 0 Å². The van der Waals surface area contributed by atoms with Crippen LogP contribution in [-0.2, 0) is 10.0 Å². The maximum atomic E-state index is 12.2. The van der Waals surface area contributed by atoms with E-state index in [0.717, 1.165) is 10.0 Å². The molecule has 0 unspecified atom stereocenters. The van der Waals surface area contributed by atoms with Crippen LogP contribution >= 0.6 is 15.9 Å². The molecular weight excluding hydrogens is 360 g/mol. The Morgan fingerprint density at radius 3 is 2.43 bits per heavy atom. The Bertz CT molecular complexity index is 788. The van der Waals surface area contributed by atoms with Crippen LogP contribution in [0.2, 0.25) is 0 Å². The van der Waals surface area contributed by atoms with Gasteiger partial charge in [-0.05, 0) is 58.7 Å². The first-order valence-corrected chi connectivity index (χ1v) is 8.05. The predicted octanol–water partition coefficient (Wildman–Crippen LogP) is 2.65. The second kappa shape index (κ2) is 5.82. The molecule has 0 spiro atoms. The smallest absolute Gasteiger partial charge is 0.335 e. The minimum Gasteiger partial charge on any atom is -0.478 e. The molecule has 0 saturated heterocycles. The lowest BCUT2D eigenvalue weighted by molar-refractivity contribution is 0.0696. The average Bonchev–Trinajstić information content (AvgIpc) is 2.43. The molecule has 0 atom stereocenters. The molecule has 0 bridgehead atoms. The number of aromatic nitrogens is 1. The first-order chi connectivity index (χ1) is 9.79. The minimum absolute atomic E-state index is 0.0200. The Morgan fingerprint density at radius 1 is 1.29 bits per heavy atom. The first-order valence-electron chi connectivity index (χ1n) is 5.78. The highest BCUT2D eigenvalue weighted by Gasteiger charge is 2.16. The molecule has 110 valence electrons. The third-order valence-electron chi connectivity index (χ3n) is 2.70. The highest BCUT2D eigenvalue weighted by atomic mass is 79.9. The number of hydrogen-bond donors (Lipinski definition) is 2. The molecular formula is C13H11BrN2O4S. The molecule has 0 aliphatic heterocycles. The number of carbonyl (C=O) groups is 1. The van der Waals surface area contributed by atoms with E-state index in [4.69, 9.17) is 5.11 Å². The van der Waals surface area contributed by atoms with Gasteiger partial charge in [0.2, 0.25) is 0 Å². The summed E-state index contributed by atoms with van der Waals surface area (Å²) in [5.74, 6) is -0.921. The van der Waals surface area contributed by atoms with Crippen molar-refractivity contribution < 1.29 is 18.3 Å². The van der Waals surface area contributed by atoms with Crippen LogP contribution in [0.5, 0.6) is 0 Å².